The van der Waals surface area contributed by atoms with Crippen LogP contribution in [-0.2, 0) is 16.2 Å². The molecule has 3 aromatic rings. The van der Waals surface area contributed by atoms with Gasteiger partial charge in [0.25, 0.3) is 0 Å². The van der Waals surface area contributed by atoms with Gasteiger partial charge in [-0.15, -0.1) is 0 Å². The Morgan fingerprint density at radius 3 is 1.81 bits per heavy atom. The summed E-state index contributed by atoms with van der Waals surface area (Å²) in [6.07, 6.45) is 2.41. The molecule has 0 radical (unpaired) electrons. The highest BCUT2D eigenvalue weighted by Crippen LogP contribution is 2.62. The largest absolute Gasteiger partial charge is 0.0683 e. The molecule has 5 rings (SSSR count). The molecule has 32 heavy (non-hydrogen) atoms. The van der Waals surface area contributed by atoms with Crippen LogP contribution in [0.25, 0.3) is 11.1 Å². The van der Waals surface area contributed by atoms with E-state index in [1.54, 1.807) is 22.3 Å². The van der Waals surface area contributed by atoms with E-state index in [-0.39, 0.29) is 16.2 Å². The molecule has 1 unspecified atom stereocenters. The van der Waals surface area contributed by atoms with Crippen LogP contribution in [-0.4, -0.2) is 0 Å². The van der Waals surface area contributed by atoms with Gasteiger partial charge >= 0.3 is 0 Å². The Morgan fingerprint density at radius 2 is 1.16 bits per heavy atom. The predicted octanol–water partition coefficient (Wildman–Crippen LogP) is 9.15. The van der Waals surface area contributed by atoms with Crippen molar-refractivity contribution in [2.24, 2.45) is 0 Å². The summed E-state index contributed by atoms with van der Waals surface area (Å²) in [5.74, 6) is 0.552. The molecule has 168 valence electrons. The standard InChI is InChI=1S/C30H34.C2H6/c1-20(2)21-10-9-11-22(16-21)23-14-15-26-27(17-23)29(5,6)19-30(26)18-28(3,4)24-12-7-8-13-25(24)30;1-2/h7-17,20H,18-19H2,1-6H3;1-2H3. The first-order valence-electron chi connectivity index (χ1n) is 12.5. The molecular weight excluding hydrogens is 384 g/mol. The second-order valence-electron chi connectivity index (χ2n) is 11.3. The first-order chi connectivity index (χ1) is 15.1. The summed E-state index contributed by atoms with van der Waals surface area (Å²) in [4.78, 5) is 0. The lowest BCUT2D eigenvalue weighted by molar-refractivity contribution is 0.349. The van der Waals surface area contributed by atoms with Crippen LogP contribution in [0, 0.1) is 0 Å². The third-order valence-electron chi connectivity index (χ3n) is 7.81. The summed E-state index contributed by atoms with van der Waals surface area (Å²) in [7, 11) is 0. The zero-order valence-electron chi connectivity index (χ0n) is 21.3. The molecule has 1 atom stereocenters. The molecule has 0 aliphatic heterocycles. The Kier molecular flexibility index (Phi) is 5.64. The van der Waals surface area contributed by atoms with E-state index >= 15 is 0 Å². The first kappa shape index (κ1) is 22.8. The fourth-order valence-electron chi connectivity index (χ4n) is 6.56. The van der Waals surface area contributed by atoms with E-state index in [1.165, 1.54) is 29.5 Å². The van der Waals surface area contributed by atoms with Gasteiger partial charge in [-0.1, -0.05) is 122 Å². The number of hydrogen-bond donors (Lipinski definition) is 0. The molecule has 0 aromatic heterocycles. The van der Waals surface area contributed by atoms with Crippen molar-refractivity contribution in [3.05, 3.63) is 94.5 Å². The highest BCUT2D eigenvalue weighted by molar-refractivity contribution is 5.69. The summed E-state index contributed by atoms with van der Waals surface area (Å²) in [6, 6.07) is 25.6. The van der Waals surface area contributed by atoms with Crippen molar-refractivity contribution >= 4 is 0 Å². The molecule has 3 aromatic carbocycles. The van der Waals surface area contributed by atoms with Crippen LogP contribution in [0.3, 0.4) is 0 Å². The van der Waals surface area contributed by atoms with Crippen LogP contribution in [0.15, 0.2) is 66.7 Å². The maximum absolute atomic E-state index is 2.50. The van der Waals surface area contributed by atoms with Gasteiger partial charge < -0.3 is 0 Å². The zero-order chi connectivity index (χ0) is 23.3. The second-order valence-corrected chi connectivity index (χ2v) is 11.3. The molecule has 2 aliphatic rings. The van der Waals surface area contributed by atoms with Crippen molar-refractivity contribution in [3.63, 3.8) is 0 Å². The summed E-state index contributed by atoms with van der Waals surface area (Å²) in [5, 5.41) is 0. The van der Waals surface area contributed by atoms with E-state index < -0.39 is 0 Å². The maximum Gasteiger partial charge on any atom is 0.0225 e. The maximum atomic E-state index is 2.50. The number of benzene rings is 3. The Morgan fingerprint density at radius 1 is 0.594 bits per heavy atom. The van der Waals surface area contributed by atoms with Gasteiger partial charge in [-0.3, -0.25) is 0 Å². The fourth-order valence-corrected chi connectivity index (χ4v) is 6.56. The third-order valence-corrected chi connectivity index (χ3v) is 7.81. The smallest absolute Gasteiger partial charge is 0.0225 e. The van der Waals surface area contributed by atoms with E-state index in [4.69, 9.17) is 0 Å². The van der Waals surface area contributed by atoms with Crippen LogP contribution in [0.5, 0.6) is 0 Å². The average Bonchev–Trinajstić information content (AvgIpc) is 3.15. The summed E-state index contributed by atoms with van der Waals surface area (Å²) >= 11 is 0. The van der Waals surface area contributed by atoms with E-state index in [0.29, 0.717) is 5.92 Å². The molecule has 0 amide bonds. The first-order valence-corrected chi connectivity index (χ1v) is 12.5. The Hall–Kier alpha value is -2.34. The minimum atomic E-state index is 0.150. The summed E-state index contributed by atoms with van der Waals surface area (Å²) in [6.45, 7) is 18.3. The monoisotopic (exact) mass is 424 g/mol. The second kappa shape index (κ2) is 7.91. The SMILES string of the molecule is CC.CC(C)c1cccc(-c2ccc3c(c2)C(C)(C)CC32CC(C)(C)c3ccccc32)c1. The van der Waals surface area contributed by atoms with Gasteiger partial charge in [0, 0.05) is 5.41 Å². The molecule has 0 saturated carbocycles. The number of fused-ring (bicyclic) bond motifs is 4. The van der Waals surface area contributed by atoms with Crippen LogP contribution in [0.1, 0.15) is 102 Å². The quantitative estimate of drug-likeness (QED) is 0.384. The molecule has 2 aliphatic carbocycles. The Balaban J connectivity index is 0.00000119. The molecule has 0 fully saturated rings. The van der Waals surface area contributed by atoms with Gasteiger partial charge in [-0.05, 0) is 68.5 Å². The molecule has 0 heterocycles. The van der Waals surface area contributed by atoms with Crippen molar-refractivity contribution in [1.82, 2.24) is 0 Å². The van der Waals surface area contributed by atoms with Gasteiger partial charge in [0.05, 0.1) is 0 Å². The Bertz CT molecular complexity index is 1130. The zero-order valence-corrected chi connectivity index (χ0v) is 21.3. The van der Waals surface area contributed by atoms with Gasteiger partial charge in [0.1, 0.15) is 0 Å². The van der Waals surface area contributed by atoms with Crippen molar-refractivity contribution < 1.29 is 0 Å². The van der Waals surface area contributed by atoms with E-state index in [0.717, 1.165) is 0 Å². The van der Waals surface area contributed by atoms with Gasteiger partial charge in [0.2, 0.25) is 0 Å². The molecule has 1 spiro atoms. The Labute approximate surface area is 196 Å². The van der Waals surface area contributed by atoms with Gasteiger partial charge in [-0.2, -0.15) is 0 Å². The van der Waals surface area contributed by atoms with Crippen LogP contribution in [0.2, 0.25) is 0 Å². The highest BCUT2D eigenvalue weighted by atomic mass is 14.6. The third kappa shape index (κ3) is 3.43. The molecular formula is C32H40. The van der Waals surface area contributed by atoms with Crippen LogP contribution in [0.4, 0.5) is 0 Å². The summed E-state index contributed by atoms with van der Waals surface area (Å²) < 4.78 is 0. The van der Waals surface area contributed by atoms with E-state index in [2.05, 4.69) is 108 Å². The minimum absolute atomic E-state index is 0.150. The average molecular weight is 425 g/mol. The van der Waals surface area contributed by atoms with Gasteiger partial charge in [0.15, 0.2) is 0 Å². The van der Waals surface area contributed by atoms with E-state index in [1.807, 2.05) is 13.8 Å². The lowest BCUT2D eigenvalue weighted by atomic mass is 9.72. The highest BCUT2D eigenvalue weighted by Gasteiger charge is 2.55. The predicted molar refractivity (Wildman–Crippen MR) is 140 cm³/mol. The van der Waals surface area contributed by atoms with Crippen LogP contribution < -0.4 is 0 Å². The van der Waals surface area contributed by atoms with Crippen molar-refractivity contribution in [2.75, 3.05) is 0 Å². The minimum Gasteiger partial charge on any atom is -0.0683 e. The number of hydrogen-bond acceptors (Lipinski definition) is 0. The molecule has 0 saturated heterocycles. The van der Waals surface area contributed by atoms with Crippen molar-refractivity contribution in [3.8, 4) is 11.1 Å². The van der Waals surface area contributed by atoms with Crippen molar-refractivity contribution in [1.29, 1.82) is 0 Å². The number of rotatable bonds is 2. The van der Waals surface area contributed by atoms with Crippen LogP contribution >= 0.6 is 0 Å². The molecule has 0 nitrogen and oxygen atoms in total. The molecule has 0 bridgehead atoms. The summed E-state index contributed by atoms with van der Waals surface area (Å²) in [5.41, 5.74) is 10.9. The van der Waals surface area contributed by atoms with Gasteiger partial charge in [-0.25, -0.2) is 0 Å². The fraction of sp³-hybridized carbons (Fsp3) is 0.438. The lowest BCUT2D eigenvalue weighted by Crippen LogP contribution is -2.26. The van der Waals surface area contributed by atoms with E-state index in [9.17, 15) is 0 Å². The lowest BCUT2D eigenvalue weighted by Gasteiger charge is -2.30. The molecule has 0 heteroatoms. The topological polar surface area (TPSA) is 0 Å². The molecule has 0 N–H and O–H groups in total. The van der Waals surface area contributed by atoms with Crippen molar-refractivity contribution in [2.45, 2.75) is 90.4 Å². The normalized spacial score (nSPS) is 21.8.